The van der Waals surface area contributed by atoms with Crippen LogP contribution in [0.3, 0.4) is 0 Å². The maximum Gasteiger partial charge on any atom is 0.0166 e. The highest BCUT2D eigenvalue weighted by Gasteiger charge is 2.07. The smallest absolute Gasteiger partial charge is 0.0166 e. The first-order chi connectivity index (χ1) is 3.93. The molecule has 8 heavy (non-hydrogen) atoms. The molecule has 0 aromatic heterocycles. The monoisotopic (exact) mass is 110 g/mol. The average Bonchev–Trinajstić information content (AvgIpc) is 2.19. The first-order valence-electron chi connectivity index (χ1n) is 3.19. The molecule has 0 unspecified atom stereocenters. The van der Waals surface area contributed by atoms with Gasteiger partial charge in [0.25, 0.3) is 0 Å². The highest BCUT2D eigenvalue weighted by Crippen LogP contribution is 2.05. The number of nitrogens with zero attached hydrogens (tertiary/aromatic N) is 1. The summed E-state index contributed by atoms with van der Waals surface area (Å²) in [7, 11) is 0. The van der Waals surface area contributed by atoms with E-state index in [1.807, 2.05) is 0 Å². The van der Waals surface area contributed by atoms with Crippen LogP contribution < -0.4 is 0 Å². The van der Waals surface area contributed by atoms with Gasteiger partial charge < -0.3 is 0 Å². The van der Waals surface area contributed by atoms with E-state index in [1.54, 1.807) is 6.08 Å². The first-order valence-corrected chi connectivity index (χ1v) is 3.19. The number of hydrogen-bond donors (Lipinski definition) is 0. The Morgan fingerprint density at radius 1 is 1.38 bits per heavy atom. The lowest BCUT2D eigenvalue weighted by atomic mass is 10.4. The van der Waals surface area contributed by atoms with Gasteiger partial charge in [-0.15, -0.1) is 0 Å². The van der Waals surface area contributed by atoms with Gasteiger partial charge in [-0.25, -0.2) is 0 Å². The highest BCUT2D eigenvalue weighted by atomic mass is 15.1. The normalized spacial score (nSPS) is 21.5. The number of rotatable bonds is 2. The topological polar surface area (TPSA) is 3.24 Å². The fourth-order valence-electron chi connectivity index (χ4n) is 1.11. The summed E-state index contributed by atoms with van der Waals surface area (Å²) in [6.07, 6.45) is 4.44. The van der Waals surface area contributed by atoms with Crippen LogP contribution in [0.4, 0.5) is 0 Å². The summed E-state index contributed by atoms with van der Waals surface area (Å²) in [6.45, 7) is 8.70. The van der Waals surface area contributed by atoms with Gasteiger partial charge in [-0.05, 0) is 25.9 Å². The fourth-order valence-corrected chi connectivity index (χ4v) is 1.11. The molecule has 1 aliphatic heterocycles. The minimum Gasteiger partial charge on any atom is -0.300 e. The van der Waals surface area contributed by atoms with E-state index in [2.05, 4.69) is 4.90 Å². The van der Waals surface area contributed by atoms with Crippen molar-refractivity contribution in [1.82, 2.24) is 4.90 Å². The van der Waals surface area contributed by atoms with Crippen LogP contribution in [0.25, 0.3) is 0 Å². The molecule has 1 fully saturated rings. The molecule has 1 rings (SSSR count). The van der Waals surface area contributed by atoms with Crippen molar-refractivity contribution in [3.63, 3.8) is 0 Å². The molecule has 0 saturated carbocycles. The van der Waals surface area contributed by atoms with E-state index in [9.17, 15) is 0 Å². The van der Waals surface area contributed by atoms with E-state index in [4.69, 9.17) is 6.58 Å². The van der Waals surface area contributed by atoms with Crippen molar-refractivity contribution < 1.29 is 0 Å². The lowest BCUT2D eigenvalue weighted by molar-refractivity contribution is 0.377. The van der Waals surface area contributed by atoms with Gasteiger partial charge in [0.1, 0.15) is 0 Å². The molecule has 1 heteroatoms. The Morgan fingerprint density at radius 3 is 2.50 bits per heavy atom. The standard InChI is InChI=1S/C7H12N/c1-2-5-8-6-3-4-7-8/h1-2H,3-7H2. The number of likely N-dealkylation sites (tertiary alicyclic amines) is 1. The van der Waals surface area contributed by atoms with Crippen molar-refractivity contribution in [3.05, 3.63) is 12.7 Å². The molecule has 1 heterocycles. The molecule has 0 aromatic rings. The molecule has 0 N–H and O–H groups in total. The van der Waals surface area contributed by atoms with E-state index in [1.165, 1.54) is 25.9 Å². The SMILES string of the molecule is [CH]=CCN1CCCC1. The van der Waals surface area contributed by atoms with Crippen molar-refractivity contribution >= 4 is 0 Å². The zero-order valence-electron chi connectivity index (χ0n) is 5.14. The Hall–Kier alpha value is -0.300. The Labute approximate surface area is 51.0 Å². The average molecular weight is 110 g/mol. The predicted octanol–water partition coefficient (Wildman–Crippen LogP) is 1.07. The first kappa shape index (κ1) is 5.83. The zero-order chi connectivity index (χ0) is 5.82. The van der Waals surface area contributed by atoms with Crippen molar-refractivity contribution in [2.45, 2.75) is 12.8 Å². The summed E-state index contributed by atoms with van der Waals surface area (Å²) in [5.74, 6) is 0. The molecule has 0 atom stereocenters. The maximum atomic E-state index is 5.24. The van der Waals surface area contributed by atoms with Crippen LogP contribution in [0.15, 0.2) is 6.08 Å². The minimum absolute atomic E-state index is 0.972. The van der Waals surface area contributed by atoms with Crippen molar-refractivity contribution in [2.24, 2.45) is 0 Å². The van der Waals surface area contributed by atoms with Crippen LogP contribution in [0.1, 0.15) is 12.8 Å². The molecular formula is C7H12N. The maximum absolute atomic E-state index is 5.24. The van der Waals surface area contributed by atoms with Gasteiger partial charge in [-0.3, -0.25) is 4.90 Å². The fraction of sp³-hybridized carbons (Fsp3) is 0.714. The molecule has 0 spiro atoms. The van der Waals surface area contributed by atoms with Crippen LogP contribution in [0, 0.1) is 6.58 Å². The molecule has 1 saturated heterocycles. The van der Waals surface area contributed by atoms with E-state index in [0.717, 1.165) is 6.54 Å². The Morgan fingerprint density at radius 2 is 2.00 bits per heavy atom. The quantitative estimate of drug-likeness (QED) is 0.514. The Bertz CT molecular complexity index is 72.5. The lowest BCUT2D eigenvalue weighted by Gasteiger charge is -2.09. The van der Waals surface area contributed by atoms with Crippen molar-refractivity contribution in [1.29, 1.82) is 0 Å². The molecule has 1 radical (unpaired) electrons. The summed E-state index contributed by atoms with van der Waals surface area (Å²) in [5, 5.41) is 0. The third-order valence-electron chi connectivity index (χ3n) is 1.56. The Kier molecular flexibility index (Phi) is 2.10. The predicted molar refractivity (Wildman–Crippen MR) is 34.5 cm³/mol. The largest absolute Gasteiger partial charge is 0.300 e. The van der Waals surface area contributed by atoms with Crippen LogP contribution in [-0.4, -0.2) is 24.5 Å². The summed E-state index contributed by atoms with van der Waals surface area (Å²) in [6, 6.07) is 0. The van der Waals surface area contributed by atoms with Gasteiger partial charge in [0.2, 0.25) is 0 Å². The molecule has 1 aliphatic rings. The molecule has 1 nitrogen and oxygen atoms in total. The van der Waals surface area contributed by atoms with Crippen LogP contribution in [0.5, 0.6) is 0 Å². The molecular weight excluding hydrogens is 98.1 g/mol. The summed E-state index contributed by atoms with van der Waals surface area (Å²) in [5.41, 5.74) is 0. The molecule has 0 aromatic carbocycles. The molecule has 0 bridgehead atoms. The highest BCUT2D eigenvalue weighted by molar-refractivity contribution is 4.74. The second-order valence-electron chi connectivity index (χ2n) is 2.24. The van der Waals surface area contributed by atoms with Crippen LogP contribution >= 0.6 is 0 Å². The third-order valence-corrected chi connectivity index (χ3v) is 1.56. The van der Waals surface area contributed by atoms with Crippen LogP contribution in [-0.2, 0) is 0 Å². The third kappa shape index (κ3) is 1.34. The zero-order valence-corrected chi connectivity index (χ0v) is 5.14. The van der Waals surface area contributed by atoms with E-state index >= 15 is 0 Å². The van der Waals surface area contributed by atoms with E-state index in [-0.39, 0.29) is 0 Å². The van der Waals surface area contributed by atoms with E-state index < -0.39 is 0 Å². The Balaban J connectivity index is 2.14. The summed E-state index contributed by atoms with van der Waals surface area (Å²) < 4.78 is 0. The second-order valence-corrected chi connectivity index (χ2v) is 2.24. The van der Waals surface area contributed by atoms with Gasteiger partial charge in [-0.2, -0.15) is 0 Å². The van der Waals surface area contributed by atoms with Gasteiger partial charge in [-0.1, -0.05) is 12.7 Å². The minimum atomic E-state index is 0.972. The van der Waals surface area contributed by atoms with Crippen molar-refractivity contribution in [3.8, 4) is 0 Å². The van der Waals surface area contributed by atoms with Gasteiger partial charge in [0, 0.05) is 6.54 Å². The van der Waals surface area contributed by atoms with Gasteiger partial charge in [0.05, 0.1) is 0 Å². The van der Waals surface area contributed by atoms with Gasteiger partial charge >= 0.3 is 0 Å². The lowest BCUT2D eigenvalue weighted by Crippen LogP contribution is -2.18. The van der Waals surface area contributed by atoms with Crippen LogP contribution in [0.2, 0.25) is 0 Å². The second kappa shape index (κ2) is 2.88. The van der Waals surface area contributed by atoms with Gasteiger partial charge in [0.15, 0.2) is 0 Å². The van der Waals surface area contributed by atoms with E-state index in [0.29, 0.717) is 0 Å². The summed E-state index contributed by atoms with van der Waals surface area (Å²) >= 11 is 0. The van der Waals surface area contributed by atoms with Crippen molar-refractivity contribution in [2.75, 3.05) is 19.6 Å². The summed E-state index contributed by atoms with van der Waals surface area (Å²) in [4.78, 5) is 2.36. The number of hydrogen-bond acceptors (Lipinski definition) is 1. The molecule has 0 aliphatic carbocycles. The molecule has 45 valence electrons. The molecule has 0 amide bonds.